The average Bonchev–Trinajstić information content (AvgIpc) is 2.66. The van der Waals surface area contributed by atoms with E-state index in [4.69, 9.17) is 10.2 Å². The summed E-state index contributed by atoms with van der Waals surface area (Å²) in [5, 5.41) is 36.7. The maximum Gasteiger partial charge on any atom is 0.336 e. The van der Waals surface area contributed by atoms with Crippen LogP contribution in [-0.4, -0.2) is 56.2 Å². The number of carboxylic acid groups (broad SMARTS) is 4. The summed E-state index contributed by atoms with van der Waals surface area (Å²) in [7, 11) is 0. The van der Waals surface area contributed by atoms with Gasteiger partial charge in [-0.15, -0.1) is 0 Å². The predicted molar refractivity (Wildman–Crippen MR) is 99.2 cm³/mol. The second-order valence-corrected chi connectivity index (χ2v) is 6.10. The van der Waals surface area contributed by atoms with E-state index in [1.54, 1.807) is 0 Å². The van der Waals surface area contributed by atoms with Crippen LogP contribution in [0.2, 0.25) is 0 Å². The molecule has 0 bridgehead atoms. The van der Waals surface area contributed by atoms with E-state index < -0.39 is 70.9 Å². The van der Waals surface area contributed by atoms with Crippen LogP contribution in [0.5, 0.6) is 0 Å². The Labute approximate surface area is 173 Å². The van der Waals surface area contributed by atoms with Gasteiger partial charge in [-0.05, 0) is 23.3 Å². The van der Waals surface area contributed by atoms with Gasteiger partial charge in [0, 0.05) is 0 Å². The summed E-state index contributed by atoms with van der Waals surface area (Å²) >= 11 is 0. The van der Waals surface area contributed by atoms with Crippen molar-refractivity contribution < 1.29 is 53.9 Å². The molecule has 0 aliphatic carbocycles. The number of aromatic carboxylic acids is 4. The third-order valence-corrected chi connectivity index (χ3v) is 4.09. The van der Waals surface area contributed by atoms with Gasteiger partial charge in [-0.2, -0.15) is 0 Å². The SMILES string of the molecule is O=C(Cc1cccc(C(=O)O)c1C(=O)O)OC(=O)Cc1cccc(C(=O)O)c1C(=O)O. The summed E-state index contributed by atoms with van der Waals surface area (Å²) in [6, 6.07) is 6.87. The summed E-state index contributed by atoms with van der Waals surface area (Å²) < 4.78 is 4.57. The fourth-order valence-electron chi connectivity index (χ4n) is 2.87. The van der Waals surface area contributed by atoms with Crippen LogP contribution in [0.25, 0.3) is 0 Å². The highest BCUT2D eigenvalue weighted by Gasteiger charge is 2.24. The molecule has 0 atom stereocenters. The molecule has 4 N–H and O–H groups in total. The van der Waals surface area contributed by atoms with Crippen LogP contribution in [0.3, 0.4) is 0 Å². The first-order valence-electron chi connectivity index (χ1n) is 8.43. The number of carbonyl (C=O) groups excluding carboxylic acids is 2. The van der Waals surface area contributed by atoms with E-state index in [9.17, 15) is 39.0 Å². The molecule has 0 aromatic heterocycles. The van der Waals surface area contributed by atoms with Crippen molar-refractivity contribution in [2.24, 2.45) is 0 Å². The number of rotatable bonds is 8. The van der Waals surface area contributed by atoms with Crippen molar-refractivity contribution in [2.45, 2.75) is 12.8 Å². The quantitative estimate of drug-likeness (QED) is 0.349. The lowest BCUT2D eigenvalue weighted by Crippen LogP contribution is -2.20. The number of hydrogen-bond acceptors (Lipinski definition) is 7. The van der Waals surface area contributed by atoms with E-state index in [2.05, 4.69) is 4.74 Å². The van der Waals surface area contributed by atoms with Crippen molar-refractivity contribution in [1.82, 2.24) is 0 Å². The van der Waals surface area contributed by atoms with E-state index in [-0.39, 0.29) is 11.1 Å². The second kappa shape index (κ2) is 9.31. The third-order valence-electron chi connectivity index (χ3n) is 4.09. The second-order valence-electron chi connectivity index (χ2n) is 6.10. The Hall–Kier alpha value is -4.54. The zero-order chi connectivity index (χ0) is 23.3. The minimum atomic E-state index is -1.59. The molecule has 11 nitrogen and oxygen atoms in total. The summed E-state index contributed by atoms with van der Waals surface area (Å²) in [4.78, 5) is 69.3. The summed E-state index contributed by atoms with van der Waals surface area (Å²) in [6.45, 7) is 0. The number of ether oxygens (including phenoxy) is 1. The fraction of sp³-hybridized carbons (Fsp3) is 0.100. The van der Waals surface area contributed by atoms with Crippen molar-refractivity contribution in [2.75, 3.05) is 0 Å². The van der Waals surface area contributed by atoms with Gasteiger partial charge in [0.1, 0.15) is 0 Å². The molecule has 160 valence electrons. The zero-order valence-electron chi connectivity index (χ0n) is 15.5. The van der Waals surface area contributed by atoms with E-state index in [1.807, 2.05) is 0 Å². The van der Waals surface area contributed by atoms with Crippen LogP contribution in [0.15, 0.2) is 36.4 Å². The molecule has 31 heavy (non-hydrogen) atoms. The maximum absolute atomic E-state index is 12.1. The van der Waals surface area contributed by atoms with Gasteiger partial charge in [0.25, 0.3) is 0 Å². The number of carbonyl (C=O) groups is 6. The first-order valence-corrected chi connectivity index (χ1v) is 8.43. The Morgan fingerprint density at radius 2 is 0.935 bits per heavy atom. The van der Waals surface area contributed by atoms with Gasteiger partial charge in [0.05, 0.1) is 35.1 Å². The molecule has 0 amide bonds. The molecule has 2 rings (SSSR count). The number of hydrogen-bond donors (Lipinski definition) is 4. The Morgan fingerprint density at radius 3 is 1.23 bits per heavy atom. The lowest BCUT2D eigenvalue weighted by atomic mass is 9.98. The molecule has 2 aromatic rings. The monoisotopic (exact) mass is 430 g/mol. The molecule has 11 heteroatoms. The molecule has 0 radical (unpaired) electrons. The summed E-state index contributed by atoms with van der Waals surface area (Å²) in [6.07, 6.45) is -1.48. The fourth-order valence-corrected chi connectivity index (χ4v) is 2.87. The van der Waals surface area contributed by atoms with E-state index in [0.717, 1.165) is 12.1 Å². The van der Waals surface area contributed by atoms with Crippen LogP contribution >= 0.6 is 0 Å². The van der Waals surface area contributed by atoms with Crippen LogP contribution in [0, 0.1) is 0 Å². The molecule has 0 saturated carbocycles. The van der Waals surface area contributed by atoms with Crippen LogP contribution in [0.4, 0.5) is 0 Å². The highest BCUT2D eigenvalue weighted by molar-refractivity contribution is 6.04. The van der Waals surface area contributed by atoms with Gasteiger partial charge >= 0.3 is 35.8 Å². The van der Waals surface area contributed by atoms with Crippen molar-refractivity contribution in [1.29, 1.82) is 0 Å². The first kappa shape index (κ1) is 22.7. The molecule has 2 aromatic carbocycles. The van der Waals surface area contributed by atoms with Gasteiger partial charge < -0.3 is 25.2 Å². The molecular formula is C20H14O11. The van der Waals surface area contributed by atoms with Gasteiger partial charge in [0.2, 0.25) is 0 Å². The van der Waals surface area contributed by atoms with Gasteiger partial charge in [-0.25, -0.2) is 19.2 Å². The predicted octanol–water partition coefficient (Wildman–Crippen LogP) is 1.33. The van der Waals surface area contributed by atoms with Crippen LogP contribution < -0.4 is 0 Å². The lowest BCUT2D eigenvalue weighted by Gasteiger charge is -2.10. The van der Waals surface area contributed by atoms with Gasteiger partial charge in [0.15, 0.2) is 0 Å². The number of benzene rings is 2. The Kier molecular flexibility index (Phi) is 6.83. The lowest BCUT2D eigenvalue weighted by molar-refractivity contribution is -0.158. The molecule has 0 unspecified atom stereocenters. The average molecular weight is 430 g/mol. The molecule has 0 saturated heterocycles. The highest BCUT2D eigenvalue weighted by Crippen LogP contribution is 2.18. The van der Waals surface area contributed by atoms with Crippen LogP contribution in [0.1, 0.15) is 52.6 Å². The maximum atomic E-state index is 12.1. The smallest absolute Gasteiger partial charge is 0.336 e. The molecule has 0 aliphatic heterocycles. The van der Waals surface area contributed by atoms with E-state index in [1.165, 1.54) is 24.3 Å². The number of carboxylic acids is 4. The van der Waals surface area contributed by atoms with Crippen LogP contribution in [-0.2, 0) is 27.2 Å². The van der Waals surface area contributed by atoms with Crippen molar-refractivity contribution >= 4 is 35.8 Å². The Bertz CT molecular complexity index is 1030. The first-order chi connectivity index (χ1) is 14.5. The Morgan fingerprint density at radius 1 is 0.581 bits per heavy atom. The number of esters is 2. The Balaban J connectivity index is 2.22. The summed E-state index contributed by atoms with van der Waals surface area (Å²) in [5.41, 5.74) is -2.79. The zero-order valence-corrected chi connectivity index (χ0v) is 15.5. The standard InChI is InChI=1S/C20H14O11/c21-13(7-9-3-1-5-11(17(23)24)15(9)19(27)28)31-14(22)8-10-4-2-6-12(18(25)26)16(10)20(29)30/h1-6H,7-8H2,(H,23,24)(H,25,26)(H,27,28)(H,29,30). The molecule has 0 aliphatic rings. The third kappa shape index (κ3) is 5.29. The molecule has 0 fully saturated rings. The molecule has 0 heterocycles. The largest absolute Gasteiger partial charge is 0.478 e. The van der Waals surface area contributed by atoms with Crippen molar-refractivity contribution in [3.8, 4) is 0 Å². The topological polar surface area (TPSA) is 193 Å². The van der Waals surface area contributed by atoms with E-state index in [0.29, 0.717) is 0 Å². The van der Waals surface area contributed by atoms with Crippen molar-refractivity contribution in [3.63, 3.8) is 0 Å². The van der Waals surface area contributed by atoms with Gasteiger partial charge in [-0.3, -0.25) is 9.59 Å². The van der Waals surface area contributed by atoms with Gasteiger partial charge in [-0.1, -0.05) is 24.3 Å². The molecule has 0 spiro atoms. The minimum Gasteiger partial charge on any atom is -0.478 e. The van der Waals surface area contributed by atoms with E-state index >= 15 is 0 Å². The normalized spacial score (nSPS) is 10.2. The van der Waals surface area contributed by atoms with Crippen molar-refractivity contribution in [3.05, 3.63) is 69.8 Å². The summed E-state index contributed by atoms with van der Waals surface area (Å²) in [5.74, 6) is -8.65. The minimum absolute atomic E-state index is 0.204. The highest BCUT2D eigenvalue weighted by atomic mass is 16.6. The molecular weight excluding hydrogens is 416 g/mol.